The molecule has 0 aromatic heterocycles. The molecule has 0 spiro atoms. The lowest BCUT2D eigenvalue weighted by molar-refractivity contribution is 0.117. The number of benzene rings is 1. The van der Waals surface area contributed by atoms with Gasteiger partial charge in [-0.2, -0.15) is 0 Å². The molecule has 1 aromatic carbocycles. The van der Waals surface area contributed by atoms with E-state index < -0.39 is 5.82 Å². The second-order valence-corrected chi connectivity index (χ2v) is 5.92. The summed E-state index contributed by atoms with van der Waals surface area (Å²) in [6.45, 7) is 1.79. The van der Waals surface area contributed by atoms with Crippen LogP contribution in [0.25, 0.3) is 0 Å². The number of halogens is 2. The van der Waals surface area contributed by atoms with Crippen molar-refractivity contribution in [1.29, 1.82) is 0 Å². The molecule has 116 valence electrons. The minimum absolute atomic E-state index is 0.0873. The van der Waals surface area contributed by atoms with E-state index in [2.05, 4.69) is 10.6 Å². The molecule has 0 radical (unpaired) electrons. The number of nitrogens with one attached hydrogen (secondary N) is 2. The van der Waals surface area contributed by atoms with Gasteiger partial charge in [0.05, 0.1) is 12.1 Å². The van der Waals surface area contributed by atoms with Gasteiger partial charge in [0.15, 0.2) is 0 Å². The molecular formula is C15H20ClFN2O2. The minimum Gasteiger partial charge on any atom is -0.393 e. The molecule has 0 saturated heterocycles. The van der Waals surface area contributed by atoms with Gasteiger partial charge >= 0.3 is 6.03 Å². The van der Waals surface area contributed by atoms with E-state index in [-0.39, 0.29) is 24.2 Å². The van der Waals surface area contributed by atoms with E-state index in [1.165, 1.54) is 12.1 Å². The summed E-state index contributed by atoms with van der Waals surface area (Å²) in [6, 6.07) is 3.62. The Morgan fingerprint density at radius 1 is 1.38 bits per heavy atom. The molecule has 1 unspecified atom stereocenters. The van der Waals surface area contributed by atoms with Crippen molar-refractivity contribution in [1.82, 2.24) is 10.6 Å². The zero-order valence-corrected chi connectivity index (χ0v) is 12.7. The van der Waals surface area contributed by atoms with Crippen LogP contribution in [0.3, 0.4) is 0 Å². The van der Waals surface area contributed by atoms with Crippen LogP contribution in [0.1, 0.15) is 44.2 Å². The average Bonchev–Trinajstić information content (AvgIpc) is 2.41. The molecule has 3 N–H and O–H groups in total. The number of carbonyl (C=O) groups is 1. The van der Waals surface area contributed by atoms with Gasteiger partial charge in [-0.25, -0.2) is 9.18 Å². The third-order valence-electron chi connectivity index (χ3n) is 3.81. The van der Waals surface area contributed by atoms with Gasteiger partial charge < -0.3 is 15.7 Å². The highest BCUT2D eigenvalue weighted by Crippen LogP contribution is 2.24. The monoisotopic (exact) mass is 314 g/mol. The van der Waals surface area contributed by atoms with Crippen LogP contribution in [0.4, 0.5) is 9.18 Å². The van der Waals surface area contributed by atoms with Crippen LogP contribution in [0.15, 0.2) is 18.2 Å². The fourth-order valence-electron chi connectivity index (χ4n) is 2.57. The van der Waals surface area contributed by atoms with Crippen molar-refractivity contribution in [2.24, 2.45) is 0 Å². The fraction of sp³-hybridized carbons (Fsp3) is 0.533. The lowest BCUT2D eigenvalue weighted by Gasteiger charge is -2.27. The third kappa shape index (κ3) is 4.58. The van der Waals surface area contributed by atoms with E-state index in [4.69, 9.17) is 11.6 Å². The normalized spacial score (nSPS) is 23.4. The molecule has 1 fully saturated rings. The number of amides is 2. The zero-order valence-electron chi connectivity index (χ0n) is 11.9. The maximum absolute atomic E-state index is 13.0. The lowest BCUT2D eigenvalue weighted by atomic mass is 9.93. The van der Waals surface area contributed by atoms with Crippen LogP contribution in [-0.4, -0.2) is 23.3 Å². The Kier molecular flexibility index (Phi) is 5.42. The summed E-state index contributed by atoms with van der Waals surface area (Å²) in [5.74, 6) is -0.402. The van der Waals surface area contributed by atoms with E-state index in [1.807, 2.05) is 0 Å². The maximum Gasteiger partial charge on any atom is 0.315 e. The molecule has 0 heterocycles. The summed E-state index contributed by atoms with van der Waals surface area (Å²) in [5.41, 5.74) is 0.673. The molecule has 1 saturated carbocycles. The van der Waals surface area contributed by atoms with Crippen molar-refractivity contribution < 1.29 is 14.3 Å². The summed E-state index contributed by atoms with van der Waals surface area (Å²) in [5, 5.41) is 15.4. The first-order chi connectivity index (χ1) is 9.95. The first-order valence-corrected chi connectivity index (χ1v) is 7.53. The summed E-state index contributed by atoms with van der Waals surface area (Å²) >= 11 is 5.98. The maximum atomic E-state index is 13.0. The highest BCUT2D eigenvalue weighted by molar-refractivity contribution is 6.31. The van der Waals surface area contributed by atoms with Gasteiger partial charge in [0.25, 0.3) is 0 Å². The molecule has 1 aliphatic rings. The summed E-state index contributed by atoms with van der Waals surface area (Å²) in [7, 11) is 0. The Bertz CT molecular complexity index is 504. The van der Waals surface area contributed by atoms with E-state index in [9.17, 15) is 14.3 Å². The predicted molar refractivity (Wildman–Crippen MR) is 79.8 cm³/mol. The fourth-order valence-corrected chi connectivity index (χ4v) is 2.91. The summed E-state index contributed by atoms with van der Waals surface area (Å²) in [4.78, 5) is 12.0. The van der Waals surface area contributed by atoms with Gasteiger partial charge in [0.2, 0.25) is 0 Å². The highest BCUT2D eigenvalue weighted by Gasteiger charge is 2.21. The molecule has 2 rings (SSSR count). The van der Waals surface area contributed by atoms with Gasteiger partial charge in [-0.15, -0.1) is 0 Å². The van der Waals surface area contributed by atoms with Gasteiger partial charge in [-0.3, -0.25) is 0 Å². The van der Waals surface area contributed by atoms with Crippen molar-refractivity contribution >= 4 is 17.6 Å². The Morgan fingerprint density at radius 2 is 2.05 bits per heavy atom. The van der Waals surface area contributed by atoms with Gasteiger partial charge in [-0.1, -0.05) is 17.7 Å². The molecule has 1 aromatic rings. The number of hydrogen-bond acceptors (Lipinski definition) is 2. The Labute approximate surface area is 128 Å². The van der Waals surface area contributed by atoms with Crippen molar-refractivity contribution in [3.8, 4) is 0 Å². The van der Waals surface area contributed by atoms with Crippen molar-refractivity contribution in [3.63, 3.8) is 0 Å². The zero-order chi connectivity index (χ0) is 15.4. The Morgan fingerprint density at radius 3 is 2.67 bits per heavy atom. The molecule has 0 aliphatic heterocycles. The first kappa shape index (κ1) is 16.0. The summed E-state index contributed by atoms with van der Waals surface area (Å²) < 4.78 is 13.0. The molecule has 0 bridgehead atoms. The van der Waals surface area contributed by atoms with E-state index in [0.717, 1.165) is 12.8 Å². The Balaban J connectivity index is 1.87. The lowest BCUT2D eigenvalue weighted by Crippen LogP contribution is -2.44. The molecule has 4 nitrogen and oxygen atoms in total. The highest BCUT2D eigenvalue weighted by atomic mass is 35.5. The largest absolute Gasteiger partial charge is 0.393 e. The van der Waals surface area contributed by atoms with Gasteiger partial charge in [-0.05, 0) is 50.3 Å². The number of urea groups is 1. The average molecular weight is 315 g/mol. The van der Waals surface area contributed by atoms with E-state index >= 15 is 0 Å². The molecule has 6 heteroatoms. The van der Waals surface area contributed by atoms with Crippen LogP contribution in [0.2, 0.25) is 5.02 Å². The smallest absolute Gasteiger partial charge is 0.315 e. The van der Waals surface area contributed by atoms with E-state index in [0.29, 0.717) is 23.4 Å². The summed E-state index contributed by atoms with van der Waals surface area (Å²) in [6.07, 6.45) is 2.73. The molecular weight excluding hydrogens is 295 g/mol. The second-order valence-electron chi connectivity index (χ2n) is 5.51. The number of aliphatic hydroxyl groups excluding tert-OH is 1. The molecule has 1 atom stereocenters. The molecule has 2 amide bonds. The van der Waals surface area contributed by atoms with Crippen LogP contribution in [0, 0.1) is 5.82 Å². The van der Waals surface area contributed by atoms with Crippen LogP contribution in [-0.2, 0) is 0 Å². The van der Waals surface area contributed by atoms with E-state index in [1.54, 1.807) is 13.0 Å². The van der Waals surface area contributed by atoms with Crippen molar-refractivity contribution in [2.45, 2.75) is 50.8 Å². The predicted octanol–water partition coefficient (Wildman–Crippen LogP) is 3.14. The number of aliphatic hydroxyl groups is 1. The molecule has 21 heavy (non-hydrogen) atoms. The quantitative estimate of drug-likeness (QED) is 0.802. The van der Waals surface area contributed by atoms with Crippen LogP contribution in [0.5, 0.6) is 0 Å². The van der Waals surface area contributed by atoms with Gasteiger partial charge in [0.1, 0.15) is 5.82 Å². The number of carbonyl (C=O) groups excluding carboxylic acids is 1. The topological polar surface area (TPSA) is 61.4 Å². The first-order valence-electron chi connectivity index (χ1n) is 7.15. The SMILES string of the molecule is CC(NC(=O)NC1CCC(O)CC1)c1ccc(F)cc1Cl. The number of rotatable bonds is 3. The van der Waals surface area contributed by atoms with Crippen molar-refractivity contribution in [2.75, 3.05) is 0 Å². The second kappa shape index (κ2) is 7.09. The van der Waals surface area contributed by atoms with Crippen LogP contribution < -0.4 is 10.6 Å². The number of hydrogen-bond donors (Lipinski definition) is 3. The molecule has 1 aliphatic carbocycles. The standard InChI is InChI=1S/C15H20ClFN2O2/c1-9(13-7-2-10(17)8-14(13)16)18-15(21)19-11-3-5-12(20)6-4-11/h2,7-9,11-12,20H,3-6H2,1H3,(H2,18,19,21). The van der Waals surface area contributed by atoms with Crippen molar-refractivity contribution in [3.05, 3.63) is 34.6 Å². The van der Waals surface area contributed by atoms with Gasteiger partial charge in [0, 0.05) is 11.1 Å². The van der Waals surface area contributed by atoms with Crippen LogP contribution >= 0.6 is 11.6 Å². The third-order valence-corrected chi connectivity index (χ3v) is 4.14. The Hall–Kier alpha value is -1.33. The minimum atomic E-state index is -0.402.